The molecule has 0 aliphatic carbocycles. The molecule has 0 bridgehead atoms. The minimum absolute atomic E-state index is 0.180. The summed E-state index contributed by atoms with van der Waals surface area (Å²) in [5.74, 6) is 2.49. The third kappa shape index (κ3) is 4.36. The number of carbonyl (C=O) groups is 1. The molecule has 1 aromatic heterocycles. The molecule has 0 radical (unpaired) electrons. The number of nitrogens with zero attached hydrogens (tertiary/aromatic N) is 4. The van der Waals surface area contributed by atoms with Gasteiger partial charge in [-0.3, -0.25) is 4.79 Å². The molecule has 25 heavy (non-hydrogen) atoms. The van der Waals surface area contributed by atoms with E-state index in [4.69, 9.17) is 11.6 Å². The zero-order chi connectivity index (χ0) is 18.0. The Bertz CT molecular complexity index is 736. The number of thioether (sulfide) groups is 1. The standard InChI is InChI=1S/C18H23ClN4OS/c1-12-8-13(2)10-23(9-12)16(24)11-25-18-21-20-17(22(18)3)14-4-6-15(19)7-5-14/h4-7,12-13H,8-11H2,1-3H3. The number of piperidine rings is 1. The molecule has 1 saturated heterocycles. The Balaban J connectivity index is 1.64. The molecule has 2 atom stereocenters. The molecule has 1 fully saturated rings. The van der Waals surface area contributed by atoms with Crippen LogP contribution in [0.4, 0.5) is 0 Å². The number of likely N-dealkylation sites (tertiary alicyclic amines) is 1. The Morgan fingerprint density at radius 1 is 1.20 bits per heavy atom. The van der Waals surface area contributed by atoms with Gasteiger partial charge in [-0.25, -0.2) is 0 Å². The molecule has 0 spiro atoms. The molecule has 3 rings (SSSR count). The second-order valence-electron chi connectivity index (χ2n) is 6.91. The van der Waals surface area contributed by atoms with Gasteiger partial charge in [0.25, 0.3) is 0 Å². The minimum atomic E-state index is 0.180. The second kappa shape index (κ2) is 7.79. The molecular formula is C18H23ClN4OS. The first-order valence-electron chi connectivity index (χ1n) is 8.50. The second-order valence-corrected chi connectivity index (χ2v) is 8.28. The number of rotatable bonds is 4. The van der Waals surface area contributed by atoms with E-state index >= 15 is 0 Å². The first kappa shape index (κ1) is 18.3. The molecule has 134 valence electrons. The van der Waals surface area contributed by atoms with Gasteiger partial charge in [0, 0.05) is 30.7 Å². The van der Waals surface area contributed by atoms with Crippen LogP contribution in [0.1, 0.15) is 20.3 Å². The lowest BCUT2D eigenvalue weighted by Gasteiger charge is -2.34. The Morgan fingerprint density at radius 3 is 2.48 bits per heavy atom. The third-order valence-corrected chi connectivity index (χ3v) is 5.74. The maximum atomic E-state index is 12.5. The van der Waals surface area contributed by atoms with Crippen molar-refractivity contribution in [1.29, 1.82) is 0 Å². The summed E-state index contributed by atoms with van der Waals surface area (Å²) in [7, 11) is 1.92. The summed E-state index contributed by atoms with van der Waals surface area (Å²) < 4.78 is 1.92. The zero-order valence-electron chi connectivity index (χ0n) is 14.8. The Hall–Kier alpha value is -1.53. The molecule has 1 aliphatic rings. The summed E-state index contributed by atoms with van der Waals surface area (Å²) >= 11 is 7.38. The van der Waals surface area contributed by atoms with Crippen LogP contribution >= 0.6 is 23.4 Å². The molecule has 2 aromatic rings. The van der Waals surface area contributed by atoms with E-state index in [1.807, 2.05) is 40.8 Å². The Kier molecular flexibility index (Phi) is 5.69. The molecule has 1 amide bonds. The highest BCUT2D eigenvalue weighted by molar-refractivity contribution is 7.99. The van der Waals surface area contributed by atoms with E-state index in [9.17, 15) is 4.79 Å². The molecule has 1 aromatic carbocycles. The van der Waals surface area contributed by atoms with Gasteiger partial charge in [0.15, 0.2) is 11.0 Å². The average molecular weight is 379 g/mol. The van der Waals surface area contributed by atoms with Crippen molar-refractivity contribution in [3.63, 3.8) is 0 Å². The number of hydrogen-bond acceptors (Lipinski definition) is 4. The van der Waals surface area contributed by atoms with E-state index in [2.05, 4.69) is 24.0 Å². The van der Waals surface area contributed by atoms with Crippen LogP contribution in [0.3, 0.4) is 0 Å². The molecule has 2 unspecified atom stereocenters. The number of halogens is 1. The number of aromatic nitrogens is 3. The fraction of sp³-hybridized carbons (Fsp3) is 0.500. The molecule has 5 nitrogen and oxygen atoms in total. The van der Waals surface area contributed by atoms with Crippen LogP contribution in [0.2, 0.25) is 5.02 Å². The van der Waals surface area contributed by atoms with Gasteiger partial charge in [-0.2, -0.15) is 0 Å². The normalized spacial score (nSPS) is 20.7. The highest BCUT2D eigenvalue weighted by Gasteiger charge is 2.25. The topological polar surface area (TPSA) is 51.0 Å². The van der Waals surface area contributed by atoms with Gasteiger partial charge in [0.2, 0.25) is 5.91 Å². The highest BCUT2D eigenvalue weighted by Crippen LogP contribution is 2.25. The van der Waals surface area contributed by atoms with E-state index in [1.165, 1.54) is 18.2 Å². The molecule has 2 heterocycles. The molecular weight excluding hydrogens is 356 g/mol. The number of carbonyl (C=O) groups excluding carboxylic acids is 1. The van der Waals surface area contributed by atoms with E-state index in [-0.39, 0.29) is 5.91 Å². The van der Waals surface area contributed by atoms with Gasteiger partial charge in [-0.15, -0.1) is 10.2 Å². The number of benzene rings is 1. The van der Waals surface area contributed by atoms with Crippen LogP contribution in [0.15, 0.2) is 29.4 Å². The lowest BCUT2D eigenvalue weighted by molar-refractivity contribution is -0.130. The summed E-state index contributed by atoms with van der Waals surface area (Å²) in [6.45, 7) is 6.14. The Labute approximate surface area is 157 Å². The van der Waals surface area contributed by atoms with Crippen LogP contribution in [0.25, 0.3) is 11.4 Å². The predicted molar refractivity (Wildman–Crippen MR) is 102 cm³/mol. The minimum Gasteiger partial charge on any atom is -0.341 e. The van der Waals surface area contributed by atoms with Crippen LogP contribution < -0.4 is 0 Å². The largest absolute Gasteiger partial charge is 0.341 e. The molecule has 1 aliphatic heterocycles. The predicted octanol–water partition coefficient (Wildman–Crippen LogP) is 3.73. The van der Waals surface area contributed by atoms with Gasteiger partial charge < -0.3 is 9.47 Å². The van der Waals surface area contributed by atoms with E-state index in [0.717, 1.165) is 29.6 Å². The van der Waals surface area contributed by atoms with E-state index in [1.54, 1.807) is 0 Å². The van der Waals surface area contributed by atoms with Gasteiger partial charge in [0.05, 0.1) is 5.75 Å². The summed E-state index contributed by atoms with van der Waals surface area (Å²) in [4.78, 5) is 14.5. The maximum absolute atomic E-state index is 12.5. The monoisotopic (exact) mass is 378 g/mol. The summed E-state index contributed by atoms with van der Waals surface area (Å²) in [5, 5.41) is 9.93. The summed E-state index contributed by atoms with van der Waals surface area (Å²) in [6.07, 6.45) is 1.20. The van der Waals surface area contributed by atoms with Crippen molar-refractivity contribution in [1.82, 2.24) is 19.7 Å². The van der Waals surface area contributed by atoms with Gasteiger partial charge in [-0.05, 0) is 42.5 Å². The first-order chi connectivity index (χ1) is 11.9. The molecule has 0 saturated carbocycles. The van der Waals surface area contributed by atoms with Crippen molar-refractivity contribution >= 4 is 29.3 Å². The summed E-state index contributed by atoms with van der Waals surface area (Å²) in [5.41, 5.74) is 0.955. The zero-order valence-corrected chi connectivity index (χ0v) is 16.3. The first-order valence-corrected chi connectivity index (χ1v) is 9.86. The lowest BCUT2D eigenvalue weighted by Crippen LogP contribution is -2.43. The maximum Gasteiger partial charge on any atom is 0.233 e. The van der Waals surface area contributed by atoms with Crippen LogP contribution in [-0.4, -0.2) is 44.4 Å². The van der Waals surface area contributed by atoms with Crippen molar-refractivity contribution in [2.45, 2.75) is 25.4 Å². The van der Waals surface area contributed by atoms with Gasteiger partial charge in [0.1, 0.15) is 0 Å². The average Bonchev–Trinajstić information content (AvgIpc) is 2.93. The van der Waals surface area contributed by atoms with Crippen LogP contribution in [-0.2, 0) is 11.8 Å². The fourth-order valence-corrected chi connectivity index (χ4v) is 4.31. The molecule has 7 heteroatoms. The fourth-order valence-electron chi connectivity index (χ4n) is 3.38. The smallest absolute Gasteiger partial charge is 0.233 e. The van der Waals surface area contributed by atoms with E-state index in [0.29, 0.717) is 22.6 Å². The number of hydrogen-bond donors (Lipinski definition) is 0. The van der Waals surface area contributed by atoms with E-state index < -0.39 is 0 Å². The SMILES string of the molecule is CC1CC(C)CN(C(=O)CSc2nnc(-c3ccc(Cl)cc3)n2C)C1. The highest BCUT2D eigenvalue weighted by atomic mass is 35.5. The molecule has 0 N–H and O–H groups in total. The van der Waals surface area contributed by atoms with Gasteiger partial charge in [-0.1, -0.05) is 37.2 Å². The lowest BCUT2D eigenvalue weighted by atomic mass is 9.92. The van der Waals surface area contributed by atoms with Crippen molar-refractivity contribution < 1.29 is 4.79 Å². The van der Waals surface area contributed by atoms with Crippen molar-refractivity contribution in [2.75, 3.05) is 18.8 Å². The van der Waals surface area contributed by atoms with Gasteiger partial charge >= 0.3 is 0 Å². The van der Waals surface area contributed by atoms with Crippen molar-refractivity contribution in [2.24, 2.45) is 18.9 Å². The van der Waals surface area contributed by atoms with Crippen molar-refractivity contribution in [3.05, 3.63) is 29.3 Å². The Morgan fingerprint density at radius 2 is 1.84 bits per heavy atom. The van der Waals surface area contributed by atoms with Crippen LogP contribution in [0.5, 0.6) is 0 Å². The quantitative estimate of drug-likeness (QED) is 0.760. The van der Waals surface area contributed by atoms with Crippen LogP contribution in [0, 0.1) is 11.8 Å². The third-order valence-electron chi connectivity index (χ3n) is 4.48. The summed E-state index contributed by atoms with van der Waals surface area (Å²) in [6, 6.07) is 7.51. The van der Waals surface area contributed by atoms with Crippen molar-refractivity contribution in [3.8, 4) is 11.4 Å². The number of amides is 1.